The summed E-state index contributed by atoms with van der Waals surface area (Å²) >= 11 is 7.08. The lowest BCUT2D eigenvalue weighted by Crippen LogP contribution is -2.20. The highest BCUT2D eigenvalue weighted by Gasteiger charge is 2.11. The van der Waals surface area contributed by atoms with E-state index >= 15 is 0 Å². The molecule has 1 unspecified atom stereocenters. The average molecular weight is 321 g/mol. The van der Waals surface area contributed by atoms with Gasteiger partial charge in [0, 0.05) is 15.0 Å². The van der Waals surface area contributed by atoms with Crippen molar-refractivity contribution in [2.45, 2.75) is 26.3 Å². The molecule has 3 heteroatoms. The van der Waals surface area contributed by atoms with Gasteiger partial charge in [-0.1, -0.05) is 45.7 Å². The first-order valence-electron chi connectivity index (χ1n) is 4.87. The molecule has 0 amide bonds. The van der Waals surface area contributed by atoms with Crippen LogP contribution in [0.15, 0.2) is 27.1 Å². The highest BCUT2D eigenvalue weighted by Crippen LogP contribution is 2.28. The molecule has 1 rings (SSSR count). The van der Waals surface area contributed by atoms with Gasteiger partial charge in [-0.05, 0) is 36.7 Å². The number of hydrogen-bond acceptors (Lipinski definition) is 1. The summed E-state index contributed by atoms with van der Waals surface area (Å²) < 4.78 is 2.31. The van der Waals surface area contributed by atoms with Crippen LogP contribution in [-0.4, -0.2) is 6.54 Å². The second-order valence-corrected chi connectivity index (χ2v) is 4.95. The Morgan fingerprint density at radius 3 is 2.57 bits per heavy atom. The van der Waals surface area contributed by atoms with Crippen molar-refractivity contribution in [3.8, 4) is 0 Å². The summed E-state index contributed by atoms with van der Waals surface area (Å²) in [7, 11) is 0. The van der Waals surface area contributed by atoms with Gasteiger partial charge in [-0.25, -0.2) is 0 Å². The van der Waals surface area contributed by atoms with Crippen molar-refractivity contribution in [3.63, 3.8) is 0 Å². The fraction of sp³-hybridized carbons (Fsp3) is 0.455. The lowest BCUT2D eigenvalue weighted by atomic mass is 10.0. The van der Waals surface area contributed by atoms with E-state index in [9.17, 15) is 0 Å². The van der Waals surface area contributed by atoms with Crippen LogP contribution in [0, 0.1) is 0 Å². The topological polar surface area (TPSA) is 12.0 Å². The molecule has 0 heterocycles. The van der Waals surface area contributed by atoms with Gasteiger partial charge >= 0.3 is 0 Å². The number of nitrogens with one attached hydrogen (secondary N) is 1. The van der Waals surface area contributed by atoms with Crippen LogP contribution in [0.1, 0.15) is 31.9 Å². The minimum atomic E-state index is 0.437. The number of benzene rings is 1. The Bertz CT molecular complexity index is 299. The predicted octanol–water partition coefficient (Wildman–Crippen LogP) is 4.27. The SMILES string of the molecule is CCNC(CC)c1cc(Br)ccc1Br. The van der Waals surface area contributed by atoms with Gasteiger partial charge in [0.05, 0.1) is 0 Å². The van der Waals surface area contributed by atoms with Crippen LogP contribution in [0.5, 0.6) is 0 Å². The van der Waals surface area contributed by atoms with E-state index in [1.54, 1.807) is 0 Å². The summed E-state index contributed by atoms with van der Waals surface area (Å²) in [6.07, 6.45) is 1.10. The molecule has 0 saturated heterocycles. The van der Waals surface area contributed by atoms with E-state index in [2.05, 4.69) is 63.2 Å². The highest BCUT2D eigenvalue weighted by molar-refractivity contribution is 9.11. The predicted molar refractivity (Wildman–Crippen MR) is 68.6 cm³/mol. The normalized spacial score (nSPS) is 12.9. The number of halogens is 2. The standard InChI is InChI=1S/C11H15Br2N/c1-3-11(14-4-2)9-7-8(12)5-6-10(9)13/h5-7,11,14H,3-4H2,1-2H3. The monoisotopic (exact) mass is 319 g/mol. The molecule has 1 N–H and O–H groups in total. The Morgan fingerprint density at radius 2 is 2.00 bits per heavy atom. The molecule has 0 saturated carbocycles. The lowest BCUT2D eigenvalue weighted by molar-refractivity contribution is 0.535. The molecule has 78 valence electrons. The quantitative estimate of drug-likeness (QED) is 0.873. The molecule has 0 aromatic heterocycles. The Balaban J connectivity index is 2.96. The van der Waals surface area contributed by atoms with E-state index in [0.29, 0.717) is 6.04 Å². The molecular formula is C11H15Br2N. The second-order valence-electron chi connectivity index (χ2n) is 3.18. The number of rotatable bonds is 4. The molecule has 1 atom stereocenters. The van der Waals surface area contributed by atoms with Crippen LogP contribution in [-0.2, 0) is 0 Å². The molecule has 0 bridgehead atoms. The number of hydrogen-bond donors (Lipinski definition) is 1. The first kappa shape index (κ1) is 12.2. The third kappa shape index (κ3) is 3.07. The molecule has 0 radical (unpaired) electrons. The summed E-state index contributed by atoms with van der Waals surface area (Å²) in [5.41, 5.74) is 1.32. The smallest absolute Gasteiger partial charge is 0.0329 e. The van der Waals surface area contributed by atoms with E-state index in [-0.39, 0.29) is 0 Å². The summed E-state index contributed by atoms with van der Waals surface area (Å²) in [5, 5.41) is 3.47. The average Bonchev–Trinajstić information content (AvgIpc) is 2.18. The van der Waals surface area contributed by atoms with Gasteiger partial charge in [0.15, 0.2) is 0 Å². The van der Waals surface area contributed by atoms with Crippen molar-refractivity contribution >= 4 is 31.9 Å². The Kier molecular flexibility index (Phi) is 5.13. The maximum Gasteiger partial charge on any atom is 0.0329 e. The summed E-state index contributed by atoms with van der Waals surface area (Å²) in [6, 6.07) is 6.74. The molecule has 14 heavy (non-hydrogen) atoms. The van der Waals surface area contributed by atoms with Gasteiger partial charge in [-0.3, -0.25) is 0 Å². The van der Waals surface area contributed by atoms with Gasteiger partial charge in [-0.2, -0.15) is 0 Å². The summed E-state index contributed by atoms with van der Waals surface area (Å²) in [5.74, 6) is 0. The fourth-order valence-corrected chi connectivity index (χ4v) is 2.40. The van der Waals surface area contributed by atoms with Gasteiger partial charge in [0.1, 0.15) is 0 Å². The molecule has 0 fully saturated rings. The Hall–Kier alpha value is 0.140. The van der Waals surface area contributed by atoms with Crippen LogP contribution >= 0.6 is 31.9 Å². The van der Waals surface area contributed by atoms with E-state index in [4.69, 9.17) is 0 Å². The Morgan fingerprint density at radius 1 is 1.29 bits per heavy atom. The molecule has 0 spiro atoms. The van der Waals surface area contributed by atoms with Gasteiger partial charge < -0.3 is 5.32 Å². The van der Waals surface area contributed by atoms with E-state index in [0.717, 1.165) is 17.4 Å². The molecule has 1 nitrogen and oxygen atoms in total. The molecule has 1 aromatic carbocycles. The molecular weight excluding hydrogens is 306 g/mol. The third-order valence-corrected chi connectivity index (χ3v) is 3.41. The van der Waals surface area contributed by atoms with Crippen LogP contribution < -0.4 is 5.32 Å². The van der Waals surface area contributed by atoms with Crippen LogP contribution in [0.3, 0.4) is 0 Å². The summed E-state index contributed by atoms with van der Waals surface area (Å²) in [4.78, 5) is 0. The Labute approximate surface area is 103 Å². The highest BCUT2D eigenvalue weighted by atomic mass is 79.9. The summed E-state index contributed by atoms with van der Waals surface area (Å²) in [6.45, 7) is 5.33. The van der Waals surface area contributed by atoms with Crippen molar-refractivity contribution in [1.82, 2.24) is 5.32 Å². The zero-order valence-corrected chi connectivity index (χ0v) is 11.7. The lowest BCUT2D eigenvalue weighted by Gasteiger charge is -2.18. The maximum absolute atomic E-state index is 3.58. The second kappa shape index (κ2) is 5.89. The van der Waals surface area contributed by atoms with Crippen molar-refractivity contribution in [2.24, 2.45) is 0 Å². The molecule has 1 aromatic rings. The van der Waals surface area contributed by atoms with Gasteiger partial charge in [-0.15, -0.1) is 0 Å². The van der Waals surface area contributed by atoms with E-state index < -0.39 is 0 Å². The van der Waals surface area contributed by atoms with Crippen molar-refractivity contribution in [1.29, 1.82) is 0 Å². The minimum absolute atomic E-state index is 0.437. The van der Waals surface area contributed by atoms with Gasteiger partial charge in [0.2, 0.25) is 0 Å². The van der Waals surface area contributed by atoms with Crippen LogP contribution in [0.2, 0.25) is 0 Å². The van der Waals surface area contributed by atoms with Crippen LogP contribution in [0.25, 0.3) is 0 Å². The van der Waals surface area contributed by atoms with Crippen LogP contribution in [0.4, 0.5) is 0 Å². The van der Waals surface area contributed by atoms with Crippen molar-refractivity contribution < 1.29 is 0 Å². The zero-order valence-electron chi connectivity index (χ0n) is 8.48. The van der Waals surface area contributed by atoms with E-state index in [1.165, 1.54) is 10.0 Å². The molecule has 0 aliphatic rings. The molecule has 0 aliphatic heterocycles. The largest absolute Gasteiger partial charge is 0.310 e. The van der Waals surface area contributed by atoms with E-state index in [1.807, 2.05) is 6.07 Å². The van der Waals surface area contributed by atoms with Gasteiger partial charge in [0.25, 0.3) is 0 Å². The molecule has 0 aliphatic carbocycles. The third-order valence-electron chi connectivity index (χ3n) is 2.19. The zero-order chi connectivity index (χ0) is 10.6. The first-order chi connectivity index (χ1) is 6.69. The van der Waals surface area contributed by atoms with Crippen molar-refractivity contribution in [3.05, 3.63) is 32.7 Å². The minimum Gasteiger partial charge on any atom is -0.310 e. The van der Waals surface area contributed by atoms with Crippen molar-refractivity contribution in [2.75, 3.05) is 6.54 Å². The maximum atomic E-state index is 3.58. The fourth-order valence-electron chi connectivity index (χ4n) is 1.50. The first-order valence-corrected chi connectivity index (χ1v) is 6.46.